The number of methoxy groups -OCH3 is 1. The van der Waals surface area contributed by atoms with Gasteiger partial charge in [0, 0.05) is 20.7 Å². The number of hydrogen-bond acceptors (Lipinski definition) is 5. The minimum absolute atomic E-state index is 0.0210. The monoisotopic (exact) mass is 341 g/mol. The highest BCUT2D eigenvalue weighted by Gasteiger charge is 2.50. The molecule has 0 aromatic rings. The Morgan fingerprint density at radius 3 is 2.46 bits per heavy atom. The predicted octanol–water partition coefficient (Wildman–Crippen LogP) is -0.167. The lowest BCUT2D eigenvalue weighted by molar-refractivity contribution is -0.162. The van der Waals surface area contributed by atoms with Gasteiger partial charge in [-0.2, -0.15) is 0 Å². The van der Waals surface area contributed by atoms with E-state index < -0.39 is 11.6 Å². The van der Waals surface area contributed by atoms with Gasteiger partial charge >= 0.3 is 0 Å². The molecule has 0 aromatic carbocycles. The fraction of sp³-hybridized carbons (Fsp3) is 0.882. The highest BCUT2D eigenvalue weighted by molar-refractivity contribution is 5.78. The molecule has 24 heavy (non-hydrogen) atoms. The molecule has 0 aromatic heterocycles. The Hall–Kier alpha value is -1.18. The molecule has 2 amide bonds. The molecule has 0 bridgehead atoms. The van der Waals surface area contributed by atoms with E-state index in [0.29, 0.717) is 19.5 Å². The summed E-state index contributed by atoms with van der Waals surface area (Å²) in [4.78, 5) is 27.9. The molecule has 2 aliphatic heterocycles. The maximum atomic E-state index is 12.5. The zero-order valence-corrected chi connectivity index (χ0v) is 15.3. The van der Waals surface area contributed by atoms with Crippen LogP contribution in [0.3, 0.4) is 0 Å². The van der Waals surface area contributed by atoms with Crippen molar-refractivity contribution < 1.29 is 19.4 Å². The lowest BCUT2D eigenvalue weighted by Crippen LogP contribution is -2.65. The first-order valence-electron chi connectivity index (χ1n) is 8.64. The molecule has 2 saturated heterocycles. The van der Waals surface area contributed by atoms with Crippen LogP contribution in [0.5, 0.6) is 0 Å². The predicted molar refractivity (Wildman–Crippen MR) is 90.5 cm³/mol. The van der Waals surface area contributed by atoms with Crippen LogP contribution in [0, 0.1) is 5.41 Å². The number of aliphatic hydroxyl groups is 1. The second-order valence-corrected chi connectivity index (χ2v) is 7.74. The van der Waals surface area contributed by atoms with E-state index in [0.717, 1.165) is 25.9 Å². The van der Waals surface area contributed by atoms with Gasteiger partial charge in [-0.3, -0.25) is 14.5 Å². The van der Waals surface area contributed by atoms with Gasteiger partial charge in [0.15, 0.2) is 0 Å². The SMILES string of the molecule is CNC(=O)CN1CCC2(CC1)C[C@@H](O)C(C)(C)N(C(=O)COC)C2. The van der Waals surface area contributed by atoms with E-state index in [1.54, 1.807) is 11.9 Å². The molecule has 2 heterocycles. The Balaban J connectivity index is 2.06. The second-order valence-electron chi connectivity index (χ2n) is 7.74. The van der Waals surface area contributed by atoms with Crippen molar-refractivity contribution in [2.75, 3.05) is 46.9 Å². The molecular formula is C17H31N3O4. The van der Waals surface area contributed by atoms with Gasteiger partial charge in [0.2, 0.25) is 11.8 Å². The third-order valence-corrected chi connectivity index (χ3v) is 5.76. The Morgan fingerprint density at radius 1 is 1.29 bits per heavy atom. The number of piperidine rings is 2. The molecule has 7 heteroatoms. The Kier molecular flexibility index (Phi) is 5.88. The van der Waals surface area contributed by atoms with Crippen molar-refractivity contribution in [2.24, 2.45) is 5.41 Å². The van der Waals surface area contributed by atoms with Crippen LogP contribution in [0.25, 0.3) is 0 Å². The summed E-state index contributed by atoms with van der Waals surface area (Å²) in [6, 6.07) is 0. The first-order chi connectivity index (χ1) is 11.2. The zero-order chi connectivity index (χ0) is 18.0. The van der Waals surface area contributed by atoms with Crippen molar-refractivity contribution >= 4 is 11.8 Å². The highest BCUT2D eigenvalue weighted by Crippen LogP contribution is 2.45. The molecule has 7 nitrogen and oxygen atoms in total. The quantitative estimate of drug-likeness (QED) is 0.742. The Labute approximate surface area is 144 Å². The number of rotatable bonds is 4. The molecule has 2 rings (SSSR count). The number of nitrogens with zero attached hydrogens (tertiary/aromatic N) is 2. The van der Waals surface area contributed by atoms with Gasteiger partial charge in [-0.1, -0.05) is 0 Å². The fourth-order valence-corrected chi connectivity index (χ4v) is 3.88. The number of hydrogen-bond donors (Lipinski definition) is 2. The van der Waals surface area contributed by atoms with Crippen molar-refractivity contribution in [1.29, 1.82) is 0 Å². The zero-order valence-electron chi connectivity index (χ0n) is 15.3. The van der Waals surface area contributed by atoms with Crippen molar-refractivity contribution in [1.82, 2.24) is 15.1 Å². The number of amides is 2. The number of carbonyl (C=O) groups is 2. The summed E-state index contributed by atoms with van der Waals surface area (Å²) in [5.41, 5.74) is -0.655. The van der Waals surface area contributed by atoms with Crippen molar-refractivity contribution in [3.8, 4) is 0 Å². The summed E-state index contributed by atoms with van der Waals surface area (Å²) in [6.45, 7) is 6.55. The van der Waals surface area contributed by atoms with Crippen LogP contribution in [0.4, 0.5) is 0 Å². The third-order valence-electron chi connectivity index (χ3n) is 5.76. The van der Waals surface area contributed by atoms with Gasteiger partial charge in [-0.25, -0.2) is 0 Å². The van der Waals surface area contributed by atoms with Gasteiger partial charge in [-0.05, 0) is 51.6 Å². The maximum Gasteiger partial charge on any atom is 0.249 e. The van der Waals surface area contributed by atoms with Crippen LogP contribution in [-0.4, -0.2) is 85.3 Å². The molecule has 0 radical (unpaired) electrons. The van der Waals surface area contributed by atoms with Crippen LogP contribution < -0.4 is 5.32 Å². The van der Waals surface area contributed by atoms with Gasteiger partial charge in [0.05, 0.1) is 18.2 Å². The standard InChI is InChI=1S/C17H31N3O4/c1-16(2)13(21)9-17(12-20(16)15(23)11-24-4)5-7-19(8-6-17)10-14(22)18-3/h13,21H,5-12H2,1-4H3,(H,18,22)/t13-/m1/s1. The van der Waals surface area contributed by atoms with Crippen molar-refractivity contribution in [2.45, 2.75) is 44.8 Å². The Bertz CT molecular complexity index is 472. The lowest BCUT2D eigenvalue weighted by atomic mass is 9.67. The normalized spacial score (nSPS) is 26.4. The summed E-state index contributed by atoms with van der Waals surface area (Å²) < 4.78 is 5.01. The first-order valence-corrected chi connectivity index (χ1v) is 8.64. The van der Waals surface area contributed by atoms with Crippen LogP contribution >= 0.6 is 0 Å². The Morgan fingerprint density at radius 2 is 1.92 bits per heavy atom. The third kappa shape index (κ3) is 3.90. The number of ether oxygens (including phenoxy) is 1. The lowest BCUT2D eigenvalue weighted by Gasteiger charge is -2.56. The maximum absolute atomic E-state index is 12.5. The average Bonchev–Trinajstić information content (AvgIpc) is 2.53. The summed E-state index contributed by atoms with van der Waals surface area (Å²) in [5.74, 6) is -0.0546. The molecule has 138 valence electrons. The fourth-order valence-electron chi connectivity index (χ4n) is 3.88. The summed E-state index contributed by atoms with van der Waals surface area (Å²) in [5, 5.41) is 13.3. The molecule has 2 aliphatic rings. The smallest absolute Gasteiger partial charge is 0.249 e. The van der Waals surface area contributed by atoms with Crippen LogP contribution in [0.1, 0.15) is 33.1 Å². The van der Waals surface area contributed by atoms with Crippen molar-refractivity contribution in [3.63, 3.8) is 0 Å². The molecule has 1 atom stereocenters. The van der Waals surface area contributed by atoms with Gasteiger partial charge in [0.25, 0.3) is 0 Å². The van der Waals surface area contributed by atoms with E-state index in [2.05, 4.69) is 10.2 Å². The minimum atomic E-state index is -0.583. The molecular weight excluding hydrogens is 310 g/mol. The topological polar surface area (TPSA) is 82.1 Å². The number of likely N-dealkylation sites (tertiary alicyclic amines) is 2. The van der Waals surface area contributed by atoms with Gasteiger partial charge < -0.3 is 20.1 Å². The van der Waals surface area contributed by atoms with E-state index in [-0.39, 0.29) is 23.8 Å². The summed E-state index contributed by atoms with van der Waals surface area (Å²) in [6.07, 6.45) is 1.91. The number of aliphatic hydroxyl groups excluding tert-OH is 1. The first kappa shape index (κ1) is 19.1. The van der Waals surface area contributed by atoms with Crippen LogP contribution in [-0.2, 0) is 14.3 Å². The van der Waals surface area contributed by atoms with Crippen LogP contribution in [0.2, 0.25) is 0 Å². The molecule has 0 unspecified atom stereocenters. The number of carbonyl (C=O) groups excluding carboxylic acids is 2. The molecule has 0 saturated carbocycles. The molecule has 2 N–H and O–H groups in total. The van der Waals surface area contributed by atoms with Crippen LogP contribution in [0.15, 0.2) is 0 Å². The minimum Gasteiger partial charge on any atom is -0.391 e. The van der Waals surface area contributed by atoms with E-state index >= 15 is 0 Å². The molecule has 1 spiro atoms. The van der Waals surface area contributed by atoms with Gasteiger partial charge in [-0.15, -0.1) is 0 Å². The second kappa shape index (κ2) is 7.37. The highest BCUT2D eigenvalue weighted by atomic mass is 16.5. The summed E-state index contributed by atoms with van der Waals surface area (Å²) in [7, 11) is 3.16. The van der Waals surface area contributed by atoms with Gasteiger partial charge in [0.1, 0.15) is 6.61 Å². The number of nitrogens with one attached hydrogen (secondary N) is 1. The average molecular weight is 341 g/mol. The van der Waals surface area contributed by atoms with E-state index in [1.807, 2.05) is 13.8 Å². The van der Waals surface area contributed by atoms with E-state index in [1.165, 1.54) is 7.11 Å². The van der Waals surface area contributed by atoms with E-state index in [9.17, 15) is 14.7 Å². The van der Waals surface area contributed by atoms with E-state index in [4.69, 9.17) is 4.74 Å². The number of likely N-dealkylation sites (N-methyl/N-ethyl adjacent to an activating group) is 1. The molecule has 2 fully saturated rings. The molecule has 0 aliphatic carbocycles. The van der Waals surface area contributed by atoms with Crippen molar-refractivity contribution in [3.05, 3.63) is 0 Å². The largest absolute Gasteiger partial charge is 0.391 e. The summed E-state index contributed by atoms with van der Waals surface area (Å²) >= 11 is 0.